The third-order valence-electron chi connectivity index (χ3n) is 2.87. The molecule has 0 spiro atoms. The molecule has 2 rings (SSSR count). The molecule has 2 aromatic rings. The Hall–Kier alpha value is -2.75. The Balaban J connectivity index is 2.24. The van der Waals surface area contributed by atoms with Crippen LogP contribution >= 0.6 is 0 Å². The van der Waals surface area contributed by atoms with E-state index in [0.717, 1.165) is 5.56 Å². The fourth-order valence-corrected chi connectivity index (χ4v) is 1.84. The van der Waals surface area contributed by atoms with Crippen LogP contribution in [0, 0.1) is 10.1 Å². The second-order valence-electron chi connectivity index (χ2n) is 4.26. The Kier molecular flexibility index (Phi) is 4.05. The highest BCUT2D eigenvalue weighted by Crippen LogP contribution is 2.16. The van der Waals surface area contributed by atoms with Crippen molar-refractivity contribution in [3.05, 3.63) is 81.4 Å². The molecular weight excluding hydrogens is 254 g/mol. The Morgan fingerprint density at radius 3 is 1.95 bits per heavy atom. The van der Waals surface area contributed by atoms with Crippen molar-refractivity contribution in [2.24, 2.45) is 0 Å². The molecule has 0 unspecified atom stereocenters. The highest BCUT2D eigenvalue weighted by atomic mass is 16.6. The molecule has 0 aliphatic rings. The van der Waals surface area contributed by atoms with Crippen molar-refractivity contribution in [2.45, 2.75) is 6.92 Å². The maximum absolute atomic E-state index is 12.2. The van der Waals surface area contributed by atoms with E-state index in [1.807, 2.05) is 31.2 Å². The summed E-state index contributed by atoms with van der Waals surface area (Å²) in [6.07, 6.45) is 3.87. The van der Waals surface area contributed by atoms with E-state index in [1.165, 1.54) is 24.3 Å². The standard InChI is InChI=1S/C16H13NO3/c1-2-3-12-4-6-13(7-5-12)16(18)14-8-10-15(11-9-14)17(19)20/h2-11H,1H3/b3-2+. The average molecular weight is 267 g/mol. The van der Waals surface area contributed by atoms with Crippen LogP contribution in [0.4, 0.5) is 5.69 Å². The molecule has 20 heavy (non-hydrogen) atoms. The Bertz CT molecular complexity index is 655. The van der Waals surface area contributed by atoms with Gasteiger partial charge in [-0.3, -0.25) is 14.9 Å². The first-order chi connectivity index (χ1) is 9.61. The van der Waals surface area contributed by atoms with Crippen LogP contribution in [0.5, 0.6) is 0 Å². The van der Waals surface area contributed by atoms with Gasteiger partial charge in [-0.2, -0.15) is 0 Å². The molecule has 100 valence electrons. The molecule has 4 nitrogen and oxygen atoms in total. The van der Waals surface area contributed by atoms with Gasteiger partial charge in [-0.05, 0) is 24.6 Å². The highest BCUT2D eigenvalue weighted by Gasteiger charge is 2.11. The van der Waals surface area contributed by atoms with Crippen LogP contribution in [0.3, 0.4) is 0 Å². The lowest BCUT2D eigenvalue weighted by atomic mass is 10.0. The van der Waals surface area contributed by atoms with E-state index in [1.54, 1.807) is 12.1 Å². The molecule has 0 heterocycles. The SMILES string of the molecule is C/C=C/c1ccc(C(=O)c2ccc([N+](=O)[O-])cc2)cc1. The van der Waals surface area contributed by atoms with Crippen LogP contribution in [0.15, 0.2) is 54.6 Å². The predicted molar refractivity (Wildman–Crippen MR) is 77.7 cm³/mol. The quantitative estimate of drug-likeness (QED) is 0.480. The molecule has 0 radical (unpaired) electrons. The zero-order valence-electron chi connectivity index (χ0n) is 10.9. The van der Waals surface area contributed by atoms with Crippen molar-refractivity contribution < 1.29 is 9.72 Å². The number of nitrogens with zero attached hydrogens (tertiary/aromatic N) is 1. The van der Waals surface area contributed by atoms with E-state index in [2.05, 4.69) is 0 Å². The number of allylic oxidation sites excluding steroid dienone is 1. The van der Waals surface area contributed by atoms with E-state index in [4.69, 9.17) is 0 Å². The fraction of sp³-hybridized carbons (Fsp3) is 0.0625. The maximum Gasteiger partial charge on any atom is 0.269 e. The lowest BCUT2D eigenvalue weighted by molar-refractivity contribution is -0.384. The average Bonchev–Trinajstić information content (AvgIpc) is 2.48. The Morgan fingerprint density at radius 2 is 1.50 bits per heavy atom. The second kappa shape index (κ2) is 5.93. The van der Waals surface area contributed by atoms with Crippen LogP contribution in [-0.2, 0) is 0 Å². The molecule has 0 saturated heterocycles. The summed E-state index contributed by atoms with van der Waals surface area (Å²) in [7, 11) is 0. The van der Waals surface area contributed by atoms with Gasteiger partial charge in [0.1, 0.15) is 0 Å². The number of ketones is 1. The summed E-state index contributed by atoms with van der Waals surface area (Å²) in [5.74, 6) is -0.146. The normalized spacial score (nSPS) is 10.7. The summed E-state index contributed by atoms with van der Waals surface area (Å²) >= 11 is 0. The number of rotatable bonds is 4. The van der Waals surface area contributed by atoms with Gasteiger partial charge in [0.2, 0.25) is 0 Å². The number of hydrogen-bond donors (Lipinski definition) is 0. The molecule has 0 aliphatic heterocycles. The molecular formula is C16H13NO3. The van der Waals surface area contributed by atoms with E-state index in [-0.39, 0.29) is 11.5 Å². The van der Waals surface area contributed by atoms with E-state index in [0.29, 0.717) is 11.1 Å². The van der Waals surface area contributed by atoms with Crippen LogP contribution in [-0.4, -0.2) is 10.7 Å². The van der Waals surface area contributed by atoms with E-state index >= 15 is 0 Å². The second-order valence-corrected chi connectivity index (χ2v) is 4.26. The topological polar surface area (TPSA) is 60.2 Å². The van der Waals surface area contributed by atoms with Crippen LogP contribution < -0.4 is 0 Å². The van der Waals surface area contributed by atoms with E-state index < -0.39 is 4.92 Å². The third-order valence-corrected chi connectivity index (χ3v) is 2.87. The van der Waals surface area contributed by atoms with Crippen molar-refractivity contribution in [1.82, 2.24) is 0 Å². The molecule has 0 aromatic heterocycles. The first kappa shape index (κ1) is 13.7. The van der Waals surface area contributed by atoms with Gasteiger partial charge in [0.25, 0.3) is 5.69 Å². The summed E-state index contributed by atoms with van der Waals surface area (Å²) in [5.41, 5.74) is 2.00. The minimum absolute atomic E-state index is 0.0232. The largest absolute Gasteiger partial charge is 0.289 e. The number of carbonyl (C=O) groups is 1. The first-order valence-corrected chi connectivity index (χ1v) is 6.13. The van der Waals surface area contributed by atoms with Crippen LogP contribution in [0.1, 0.15) is 28.4 Å². The summed E-state index contributed by atoms with van der Waals surface area (Å²) < 4.78 is 0. The number of hydrogen-bond acceptors (Lipinski definition) is 3. The molecule has 0 aliphatic carbocycles. The number of nitro groups is 1. The number of non-ortho nitro benzene ring substituents is 1. The van der Waals surface area contributed by atoms with Gasteiger partial charge >= 0.3 is 0 Å². The molecule has 0 bridgehead atoms. The summed E-state index contributed by atoms with van der Waals surface area (Å²) in [6.45, 7) is 1.93. The highest BCUT2D eigenvalue weighted by molar-refractivity contribution is 6.09. The number of nitro benzene ring substituents is 1. The number of benzene rings is 2. The van der Waals surface area contributed by atoms with Crippen molar-refractivity contribution in [3.8, 4) is 0 Å². The maximum atomic E-state index is 12.2. The van der Waals surface area contributed by atoms with Gasteiger partial charge in [-0.15, -0.1) is 0 Å². The van der Waals surface area contributed by atoms with Gasteiger partial charge in [0.15, 0.2) is 5.78 Å². The molecule has 0 saturated carbocycles. The monoisotopic (exact) mass is 267 g/mol. The summed E-state index contributed by atoms with van der Waals surface area (Å²) in [4.78, 5) is 22.3. The van der Waals surface area contributed by atoms with Crippen molar-refractivity contribution in [1.29, 1.82) is 0 Å². The zero-order chi connectivity index (χ0) is 14.5. The minimum Gasteiger partial charge on any atom is -0.289 e. The zero-order valence-corrected chi connectivity index (χ0v) is 10.9. The predicted octanol–water partition coefficient (Wildman–Crippen LogP) is 3.86. The minimum atomic E-state index is -0.486. The summed E-state index contributed by atoms with van der Waals surface area (Å²) in [5, 5.41) is 10.6. The fourth-order valence-electron chi connectivity index (χ4n) is 1.84. The van der Waals surface area contributed by atoms with Crippen LogP contribution in [0.2, 0.25) is 0 Å². The smallest absolute Gasteiger partial charge is 0.269 e. The van der Waals surface area contributed by atoms with Gasteiger partial charge in [-0.25, -0.2) is 0 Å². The first-order valence-electron chi connectivity index (χ1n) is 6.13. The molecule has 2 aromatic carbocycles. The molecule has 0 atom stereocenters. The Labute approximate surface area is 116 Å². The van der Waals surface area contributed by atoms with Crippen LogP contribution in [0.25, 0.3) is 6.08 Å². The lowest BCUT2D eigenvalue weighted by Crippen LogP contribution is -2.01. The molecule has 0 fully saturated rings. The van der Waals surface area contributed by atoms with Gasteiger partial charge < -0.3 is 0 Å². The van der Waals surface area contributed by atoms with Crippen molar-refractivity contribution in [3.63, 3.8) is 0 Å². The molecule has 0 N–H and O–H groups in total. The van der Waals surface area contributed by atoms with Gasteiger partial charge in [0, 0.05) is 23.3 Å². The van der Waals surface area contributed by atoms with Gasteiger partial charge in [-0.1, -0.05) is 36.4 Å². The number of carbonyl (C=O) groups excluding carboxylic acids is 1. The van der Waals surface area contributed by atoms with Crippen molar-refractivity contribution in [2.75, 3.05) is 0 Å². The molecule has 4 heteroatoms. The Morgan fingerprint density at radius 1 is 1.00 bits per heavy atom. The third kappa shape index (κ3) is 2.98. The summed E-state index contributed by atoms with van der Waals surface area (Å²) in [6, 6.07) is 12.8. The molecule has 0 amide bonds. The van der Waals surface area contributed by atoms with E-state index in [9.17, 15) is 14.9 Å². The van der Waals surface area contributed by atoms with Gasteiger partial charge in [0.05, 0.1) is 4.92 Å². The van der Waals surface area contributed by atoms with Crippen molar-refractivity contribution >= 4 is 17.5 Å². The lowest BCUT2D eigenvalue weighted by Gasteiger charge is -2.02.